The Morgan fingerprint density at radius 3 is 2.75 bits per heavy atom. The smallest absolute Gasteiger partial charge is 0.259 e. The van der Waals surface area contributed by atoms with Crippen LogP contribution >= 0.6 is 0 Å². The Hall–Kier alpha value is -2.28. The summed E-state index contributed by atoms with van der Waals surface area (Å²) >= 11 is 0. The molecule has 0 saturated heterocycles. The second-order valence-electron chi connectivity index (χ2n) is 7.33. The summed E-state index contributed by atoms with van der Waals surface area (Å²) in [5.41, 5.74) is 1.03. The van der Waals surface area contributed by atoms with Crippen molar-refractivity contribution in [2.45, 2.75) is 26.3 Å². The van der Waals surface area contributed by atoms with Crippen molar-refractivity contribution in [3.8, 4) is 5.75 Å². The van der Waals surface area contributed by atoms with Crippen molar-refractivity contribution in [3.63, 3.8) is 0 Å². The van der Waals surface area contributed by atoms with Crippen LogP contribution in [0, 0.1) is 5.92 Å². The van der Waals surface area contributed by atoms with E-state index in [1.165, 1.54) is 17.7 Å². The lowest BCUT2D eigenvalue weighted by Gasteiger charge is -2.22. The molecule has 1 aromatic rings. The molecule has 7 heteroatoms. The first kappa shape index (κ1) is 22.0. The predicted octanol–water partition coefficient (Wildman–Crippen LogP) is 1.98. The molecule has 0 spiro atoms. The maximum Gasteiger partial charge on any atom is 0.259 e. The van der Waals surface area contributed by atoms with Crippen molar-refractivity contribution >= 4 is 11.9 Å². The Bertz CT molecular complexity index is 644. The quantitative estimate of drug-likeness (QED) is 0.356. The molecule has 0 aliphatic heterocycles. The van der Waals surface area contributed by atoms with Crippen LogP contribution in [0.15, 0.2) is 29.3 Å². The van der Waals surface area contributed by atoms with Gasteiger partial charge in [-0.05, 0) is 43.4 Å². The number of amides is 1. The number of hydrogen-bond donors (Lipinski definition) is 1. The Balaban J connectivity index is 1.86. The highest BCUT2D eigenvalue weighted by Gasteiger charge is 2.21. The molecule has 1 N–H and O–H groups in total. The number of carbonyl (C=O) groups excluding carboxylic acids is 1. The van der Waals surface area contributed by atoms with Gasteiger partial charge in [-0.25, -0.2) is 4.99 Å². The lowest BCUT2D eigenvalue weighted by Crippen LogP contribution is -2.40. The summed E-state index contributed by atoms with van der Waals surface area (Å²) in [6, 6.07) is 7.70. The molecule has 1 aliphatic carbocycles. The first-order valence-electron chi connectivity index (χ1n) is 9.98. The van der Waals surface area contributed by atoms with Gasteiger partial charge in [-0.2, -0.15) is 0 Å². The second-order valence-corrected chi connectivity index (χ2v) is 7.33. The topological polar surface area (TPSA) is 66.4 Å². The van der Waals surface area contributed by atoms with Gasteiger partial charge in [-0.3, -0.25) is 4.79 Å². The number of carbonyl (C=O) groups is 1. The van der Waals surface area contributed by atoms with E-state index in [-0.39, 0.29) is 12.5 Å². The summed E-state index contributed by atoms with van der Waals surface area (Å²) in [4.78, 5) is 20.0. The molecule has 0 unspecified atom stereocenters. The molecule has 156 valence electrons. The normalized spacial score (nSPS) is 13.9. The monoisotopic (exact) mass is 390 g/mol. The number of guanidine groups is 1. The second kappa shape index (κ2) is 11.5. The average Bonchev–Trinajstić information content (AvgIpc) is 3.51. The summed E-state index contributed by atoms with van der Waals surface area (Å²) in [5.74, 6) is 2.25. The van der Waals surface area contributed by atoms with Crippen molar-refractivity contribution in [3.05, 3.63) is 29.8 Å². The minimum absolute atomic E-state index is 0.0337. The molecule has 2 rings (SSSR count). The molecule has 1 amide bonds. The maximum atomic E-state index is 11.7. The Labute approximate surface area is 168 Å². The summed E-state index contributed by atoms with van der Waals surface area (Å²) in [6.45, 7) is 5.82. The fourth-order valence-corrected chi connectivity index (χ4v) is 2.49. The van der Waals surface area contributed by atoms with E-state index in [0.29, 0.717) is 18.9 Å². The van der Waals surface area contributed by atoms with Gasteiger partial charge in [0, 0.05) is 40.8 Å². The van der Waals surface area contributed by atoms with Gasteiger partial charge >= 0.3 is 0 Å². The molecule has 1 aliphatic rings. The summed E-state index contributed by atoms with van der Waals surface area (Å²) in [6.07, 6.45) is 2.62. The van der Waals surface area contributed by atoms with Crippen LogP contribution in [0.5, 0.6) is 5.75 Å². The number of aliphatic imine (C=N–C) groups is 1. The number of rotatable bonds is 11. The van der Waals surface area contributed by atoms with Gasteiger partial charge in [0.1, 0.15) is 5.75 Å². The van der Waals surface area contributed by atoms with E-state index in [4.69, 9.17) is 14.5 Å². The van der Waals surface area contributed by atoms with E-state index in [1.807, 2.05) is 31.3 Å². The highest BCUT2D eigenvalue weighted by molar-refractivity contribution is 5.79. The van der Waals surface area contributed by atoms with Crippen molar-refractivity contribution in [2.75, 3.05) is 54.1 Å². The number of likely N-dealkylation sites (N-methyl/N-ethyl adjacent to an activating group) is 2. The Kier molecular flexibility index (Phi) is 9.07. The van der Waals surface area contributed by atoms with E-state index in [2.05, 4.69) is 17.1 Å². The van der Waals surface area contributed by atoms with Crippen molar-refractivity contribution in [2.24, 2.45) is 10.9 Å². The SMILES string of the molecule is CCNC(=NCc1cccc(OCC(=O)N(C)C)c1)N(C)CCOCC1CC1. The molecule has 28 heavy (non-hydrogen) atoms. The largest absolute Gasteiger partial charge is 0.484 e. The third kappa shape index (κ3) is 8.17. The van der Waals surface area contributed by atoms with Crippen LogP contribution in [-0.4, -0.2) is 75.7 Å². The fraction of sp³-hybridized carbons (Fsp3) is 0.619. The van der Waals surface area contributed by atoms with Crippen LogP contribution in [0.3, 0.4) is 0 Å². The summed E-state index contributed by atoms with van der Waals surface area (Å²) < 4.78 is 11.3. The van der Waals surface area contributed by atoms with E-state index in [9.17, 15) is 4.79 Å². The summed E-state index contributed by atoms with van der Waals surface area (Å²) in [5, 5.41) is 3.32. The number of nitrogens with zero attached hydrogens (tertiary/aromatic N) is 3. The van der Waals surface area contributed by atoms with Crippen molar-refractivity contribution in [1.82, 2.24) is 15.1 Å². The minimum Gasteiger partial charge on any atom is -0.484 e. The molecular weight excluding hydrogens is 356 g/mol. The maximum absolute atomic E-state index is 11.7. The van der Waals surface area contributed by atoms with Crippen molar-refractivity contribution < 1.29 is 14.3 Å². The predicted molar refractivity (Wildman–Crippen MR) is 112 cm³/mol. The molecule has 0 atom stereocenters. The van der Waals surface area contributed by atoms with Crippen LogP contribution in [0.25, 0.3) is 0 Å². The van der Waals surface area contributed by atoms with Crippen LogP contribution in [-0.2, 0) is 16.1 Å². The minimum atomic E-state index is -0.0663. The molecule has 7 nitrogen and oxygen atoms in total. The first-order chi connectivity index (χ1) is 13.5. The Morgan fingerprint density at radius 1 is 1.29 bits per heavy atom. The lowest BCUT2D eigenvalue weighted by atomic mass is 10.2. The average molecular weight is 391 g/mol. The number of hydrogen-bond acceptors (Lipinski definition) is 4. The molecule has 1 aromatic carbocycles. The van der Waals surface area contributed by atoms with Crippen molar-refractivity contribution in [1.29, 1.82) is 0 Å². The Morgan fingerprint density at radius 2 is 2.07 bits per heavy atom. The molecule has 1 saturated carbocycles. The molecule has 1 fully saturated rings. The third-order valence-electron chi connectivity index (χ3n) is 4.49. The van der Waals surface area contributed by atoms with Crippen LogP contribution in [0.1, 0.15) is 25.3 Å². The highest BCUT2D eigenvalue weighted by atomic mass is 16.5. The van der Waals surface area contributed by atoms with E-state index in [0.717, 1.165) is 37.1 Å². The number of ether oxygens (including phenoxy) is 2. The number of benzene rings is 1. The molecule has 0 heterocycles. The van der Waals surface area contributed by atoms with E-state index >= 15 is 0 Å². The fourth-order valence-electron chi connectivity index (χ4n) is 2.49. The summed E-state index contributed by atoms with van der Waals surface area (Å²) in [7, 11) is 5.45. The molecule has 0 bridgehead atoms. The highest BCUT2D eigenvalue weighted by Crippen LogP contribution is 2.28. The third-order valence-corrected chi connectivity index (χ3v) is 4.49. The van der Waals surface area contributed by atoms with Gasteiger partial charge in [-0.15, -0.1) is 0 Å². The van der Waals surface area contributed by atoms with Gasteiger partial charge in [0.15, 0.2) is 12.6 Å². The van der Waals surface area contributed by atoms with E-state index in [1.54, 1.807) is 14.1 Å². The zero-order valence-corrected chi connectivity index (χ0v) is 17.6. The van der Waals surface area contributed by atoms with Gasteiger partial charge in [0.05, 0.1) is 13.2 Å². The van der Waals surface area contributed by atoms with Gasteiger partial charge < -0.3 is 24.6 Å². The number of nitrogens with one attached hydrogen (secondary N) is 1. The van der Waals surface area contributed by atoms with Crippen LogP contribution < -0.4 is 10.1 Å². The molecular formula is C21H34N4O3. The zero-order chi connectivity index (χ0) is 20.4. The van der Waals surface area contributed by atoms with Gasteiger partial charge in [0.2, 0.25) is 0 Å². The molecule has 0 radical (unpaired) electrons. The van der Waals surface area contributed by atoms with Gasteiger partial charge in [0.25, 0.3) is 5.91 Å². The van der Waals surface area contributed by atoms with Crippen LogP contribution in [0.2, 0.25) is 0 Å². The zero-order valence-electron chi connectivity index (χ0n) is 17.6. The standard InChI is InChI=1S/C21H34N4O3/c1-5-22-21(25(4)11-12-27-15-17-9-10-17)23-14-18-7-6-8-19(13-18)28-16-20(26)24(2)3/h6-8,13,17H,5,9-12,14-16H2,1-4H3,(H,22,23). The van der Waals surface area contributed by atoms with Gasteiger partial charge in [-0.1, -0.05) is 12.1 Å². The lowest BCUT2D eigenvalue weighted by molar-refractivity contribution is -0.130. The molecule has 0 aromatic heterocycles. The van der Waals surface area contributed by atoms with Crippen LogP contribution in [0.4, 0.5) is 0 Å². The van der Waals surface area contributed by atoms with E-state index < -0.39 is 0 Å². The first-order valence-corrected chi connectivity index (χ1v) is 9.98.